The predicted molar refractivity (Wildman–Crippen MR) is 65.6 cm³/mol. The fourth-order valence-electron chi connectivity index (χ4n) is 0.673. The van der Waals surface area contributed by atoms with E-state index in [-0.39, 0.29) is 5.78 Å². The van der Waals surface area contributed by atoms with Crippen LogP contribution in [0.1, 0.15) is 17.3 Å². The smallest absolute Gasteiger partial charge is 0.295 e. The van der Waals surface area contributed by atoms with Gasteiger partial charge in [-0.3, -0.25) is 4.79 Å². The molecule has 0 spiro atoms. The summed E-state index contributed by atoms with van der Waals surface area (Å²) in [7, 11) is 0. The Morgan fingerprint density at radius 1 is 1.07 bits per heavy atom. The summed E-state index contributed by atoms with van der Waals surface area (Å²) in [4.78, 5) is 10.6. The maximum atomic E-state index is 10.6. The van der Waals surface area contributed by atoms with Gasteiger partial charge in [0.15, 0.2) is 5.78 Å². The number of carbonyl (C=O) groups excluding carboxylic acids is 1. The van der Waals surface area contributed by atoms with Crippen molar-refractivity contribution in [3.8, 4) is 0 Å². The van der Waals surface area contributed by atoms with Crippen molar-refractivity contribution in [3.05, 3.63) is 35.9 Å². The molecule has 0 aliphatic carbocycles. The molecule has 1 aromatic rings. The fraction of sp³-hybridized carbons (Fsp3) is 0.125. The van der Waals surface area contributed by atoms with Gasteiger partial charge in [0.05, 0.1) is 0 Å². The Hall–Kier alpha value is 0.267. The first kappa shape index (κ1) is 14.3. The fourth-order valence-corrected chi connectivity index (χ4v) is 0.673. The molecule has 0 fully saturated rings. The van der Waals surface area contributed by atoms with Crippen LogP contribution in [0.15, 0.2) is 30.3 Å². The highest BCUT2D eigenvalue weighted by Gasteiger charge is 2.19. The molecule has 0 radical (unpaired) electrons. The minimum Gasteiger partial charge on any atom is -0.295 e. The minimum absolute atomic E-state index is 0.121. The van der Waals surface area contributed by atoms with Gasteiger partial charge in [0.1, 0.15) is 0 Å². The molecule has 1 aromatic carbocycles. The van der Waals surface area contributed by atoms with Crippen LogP contribution >= 0.6 is 44.3 Å². The van der Waals surface area contributed by atoms with Crippen molar-refractivity contribution < 1.29 is 4.79 Å². The topological polar surface area (TPSA) is 17.1 Å². The van der Waals surface area contributed by atoms with Gasteiger partial charge < -0.3 is 0 Å². The van der Waals surface area contributed by atoms with E-state index in [1.807, 2.05) is 30.3 Å². The van der Waals surface area contributed by atoms with Crippen LogP contribution in [0, 0.1) is 0 Å². The largest absolute Gasteiger partial charge is 0.440 e. The average molecular weight is 290 g/mol. The van der Waals surface area contributed by atoms with Crippen molar-refractivity contribution in [2.45, 2.75) is 6.92 Å². The molecule has 0 N–H and O–H groups in total. The minimum atomic E-state index is -2.72. The third-order valence-corrected chi connectivity index (χ3v) is 1.18. The molecule has 0 aliphatic heterocycles. The first-order valence-electron chi connectivity index (χ1n) is 3.62. The second-order valence-corrected chi connectivity index (χ2v) is 13.5. The number of hydrogen-bond acceptors (Lipinski definition) is 1. The van der Waals surface area contributed by atoms with Crippen molar-refractivity contribution in [2.75, 3.05) is 0 Å². The Labute approximate surface area is 103 Å². The molecule has 0 saturated carbocycles. The van der Waals surface area contributed by atoms with Crippen LogP contribution in [0.4, 0.5) is 0 Å². The van der Waals surface area contributed by atoms with Gasteiger partial charge in [-0.2, -0.15) is 0 Å². The Morgan fingerprint density at radius 2 is 1.43 bits per heavy atom. The van der Waals surface area contributed by atoms with E-state index in [1.165, 1.54) is 0 Å². The number of ketones is 1. The maximum Gasteiger partial charge on any atom is 0.440 e. The van der Waals surface area contributed by atoms with Crippen molar-refractivity contribution in [3.63, 3.8) is 0 Å². The number of Topliss-reactive ketones (excluding diaryl/α,β-unsaturated/α-hetero) is 1. The monoisotopic (exact) mass is 288 g/mol. The highest BCUT2D eigenvalue weighted by atomic mass is 36.0. The molecule has 0 heterocycles. The summed E-state index contributed by atoms with van der Waals surface area (Å²) in [6.45, 7) is 1.56. The predicted octanol–water partition coefficient (Wildman–Crippen LogP) is 4.27. The Bertz CT molecular complexity index is 277. The summed E-state index contributed by atoms with van der Waals surface area (Å²) in [5, 5.41) is -2.72. The number of rotatable bonds is 1. The number of hydrogen-bond donors (Lipinski definition) is 0. The number of carbonyl (C=O) groups is 1. The van der Waals surface area contributed by atoms with Gasteiger partial charge in [-0.25, -0.2) is 0 Å². The van der Waals surface area contributed by atoms with Crippen LogP contribution in [0.25, 0.3) is 0 Å². The van der Waals surface area contributed by atoms with Crippen molar-refractivity contribution in [1.82, 2.24) is 0 Å². The molecule has 14 heavy (non-hydrogen) atoms. The molecule has 0 atom stereocenters. The van der Waals surface area contributed by atoms with E-state index in [0.29, 0.717) is 0 Å². The molecule has 0 amide bonds. The second-order valence-electron chi connectivity index (χ2n) is 2.35. The zero-order valence-corrected chi connectivity index (χ0v) is 11.3. The van der Waals surface area contributed by atoms with Crippen LogP contribution in [-0.2, 0) is 0 Å². The normalized spacial score (nSPS) is 10.1. The lowest BCUT2D eigenvalue weighted by Gasteiger charge is -1.89. The highest BCUT2D eigenvalue weighted by molar-refractivity contribution is 7.81. The summed E-state index contributed by atoms with van der Waals surface area (Å²) >= 11 is 19.9. The third-order valence-electron chi connectivity index (χ3n) is 1.18. The molecule has 0 aromatic heterocycles. The van der Waals surface area contributed by atoms with Crippen LogP contribution in [-0.4, -0.2) is 11.1 Å². The van der Waals surface area contributed by atoms with E-state index in [1.54, 1.807) is 6.92 Å². The number of benzene rings is 1. The third kappa shape index (κ3) is 10.3. The van der Waals surface area contributed by atoms with Gasteiger partial charge in [-0.15, -0.1) is 44.3 Å². The summed E-state index contributed by atoms with van der Waals surface area (Å²) in [5.74, 6) is 0.121. The molecule has 0 unspecified atom stereocenters. The van der Waals surface area contributed by atoms with Gasteiger partial charge in [0.2, 0.25) is 0 Å². The molecular weight excluding hydrogens is 282 g/mol. The van der Waals surface area contributed by atoms with Crippen molar-refractivity contribution >= 4 is 55.4 Å². The molecule has 6 heteroatoms. The molecule has 0 bridgehead atoms. The first-order chi connectivity index (χ1) is 6.30. The Kier molecular flexibility index (Phi) is 6.82. The quantitative estimate of drug-likeness (QED) is 0.429. The zero-order valence-electron chi connectivity index (χ0n) is 7.31. The summed E-state index contributed by atoms with van der Waals surface area (Å²) < 4.78 is 0. The van der Waals surface area contributed by atoms with Crippen LogP contribution in [0.2, 0.25) is 0 Å². The lowest BCUT2D eigenvalue weighted by molar-refractivity contribution is 0.101. The van der Waals surface area contributed by atoms with E-state index in [2.05, 4.69) is 0 Å². The van der Waals surface area contributed by atoms with Crippen molar-refractivity contribution in [1.29, 1.82) is 0 Å². The van der Waals surface area contributed by atoms with Gasteiger partial charge in [0, 0.05) is 5.56 Å². The first-order valence-corrected chi connectivity index (χ1v) is 9.67. The van der Waals surface area contributed by atoms with Crippen LogP contribution in [0.5, 0.6) is 0 Å². The lowest BCUT2D eigenvalue weighted by Crippen LogP contribution is -1.91. The maximum absolute atomic E-state index is 10.6. The molecule has 0 saturated heterocycles. The SMILES string of the molecule is CC(=O)c1ccccc1.Cl[Si](Cl)(Cl)Cl. The molecule has 1 nitrogen and oxygen atoms in total. The zero-order chi connectivity index (χ0) is 11.2. The summed E-state index contributed by atoms with van der Waals surface area (Å²) in [6.07, 6.45) is 0. The summed E-state index contributed by atoms with van der Waals surface area (Å²) in [5.41, 5.74) is 0.775. The molecule has 0 aliphatic rings. The number of halogens is 4. The van der Waals surface area contributed by atoms with E-state index in [4.69, 9.17) is 44.3 Å². The standard InChI is InChI=1S/C8H8O.Cl4Si/c1-7(9)8-5-3-2-4-6-8;1-5(2,3)4/h2-6H,1H3;. The van der Waals surface area contributed by atoms with Gasteiger partial charge in [-0.1, -0.05) is 30.3 Å². The van der Waals surface area contributed by atoms with Crippen molar-refractivity contribution in [2.24, 2.45) is 0 Å². The van der Waals surface area contributed by atoms with E-state index < -0.39 is 5.31 Å². The lowest BCUT2D eigenvalue weighted by atomic mass is 10.2. The van der Waals surface area contributed by atoms with Gasteiger partial charge >= 0.3 is 5.31 Å². The van der Waals surface area contributed by atoms with E-state index in [9.17, 15) is 4.79 Å². The molecular formula is C8H8Cl4OSi. The van der Waals surface area contributed by atoms with E-state index >= 15 is 0 Å². The Balaban J connectivity index is 0.000000292. The average Bonchev–Trinajstić information content (AvgIpc) is 2.03. The molecule has 78 valence electrons. The summed E-state index contributed by atoms with van der Waals surface area (Å²) in [6, 6.07) is 9.23. The van der Waals surface area contributed by atoms with Crippen LogP contribution < -0.4 is 0 Å². The van der Waals surface area contributed by atoms with E-state index in [0.717, 1.165) is 5.56 Å². The van der Waals surface area contributed by atoms with Gasteiger partial charge in [-0.05, 0) is 6.92 Å². The Morgan fingerprint density at radius 3 is 1.64 bits per heavy atom. The van der Waals surface area contributed by atoms with Gasteiger partial charge in [0.25, 0.3) is 0 Å². The highest BCUT2D eigenvalue weighted by Crippen LogP contribution is 2.23. The molecule has 1 rings (SSSR count). The second kappa shape index (κ2) is 6.70. The van der Waals surface area contributed by atoms with Crippen LogP contribution in [0.3, 0.4) is 0 Å².